The average Bonchev–Trinajstić information content (AvgIpc) is 3.06. The molecule has 0 radical (unpaired) electrons. The van der Waals surface area contributed by atoms with Crippen molar-refractivity contribution < 1.29 is 5.11 Å². The van der Waals surface area contributed by atoms with Gasteiger partial charge in [-0.25, -0.2) is 0 Å². The van der Waals surface area contributed by atoms with Crippen LogP contribution in [0.3, 0.4) is 0 Å². The van der Waals surface area contributed by atoms with E-state index in [1.807, 2.05) is 24.3 Å². The minimum atomic E-state index is 0.0342. The Morgan fingerprint density at radius 3 is 3.05 bits per heavy atom. The van der Waals surface area contributed by atoms with Crippen LogP contribution in [0.5, 0.6) is 0 Å². The molecule has 5 heteroatoms. The molecule has 4 rings (SSSR count). The molecule has 0 bridgehead atoms. The van der Waals surface area contributed by atoms with Gasteiger partial charge in [-0.15, -0.1) is 0 Å². The standard InChI is InChI=1S/C16H13ClN2OS/c17-11-5-4-10-2-1-3-12(13(10)8-11)15-14(9-20)21-16-18-6-7-19(15)16/h1-5,8,20H,6-7,9H2. The highest BCUT2D eigenvalue weighted by atomic mass is 35.5. The summed E-state index contributed by atoms with van der Waals surface area (Å²) in [6.45, 7) is 1.72. The van der Waals surface area contributed by atoms with Gasteiger partial charge in [-0.05, 0) is 22.9 Å². The van der Waals surface area contributed by atoms with Gasteiger partial charge in [0.2, 0.25) is 0 Å². The molecule has 0 amide bonds. The van der Waals surface area contributed by atoms with Gasteiger partial charge >= 0.3 is 0 Å². The number of aliphatic imine (C=N–C) groups is 1. The van der Waals surface area contributed by atoms with Gasteiger partial charge in [0.25, 0.3) is 0 Å². The molecular weight excluding hydrogens is 304 g/mol. The highest BCUT2D eigenvalue weighted by molar-refractivity contribution is 8.17. The van der Waals surface area contributed by atoms with Gasteiger partial charge in [0.05, 0.1) is 18.8 Å². The molecule has 3 nitrogen and oxygen atoms in total. The van der Waals surface area contributed by atoms with E-state index in [0.717, 1.165) is 50.2 Å². The van der Waals surface area contributed by atoms with E-state index in [9.17, 15) is 5.11 Å². The summed E-state index contributed by atoms with van der Waals surface area (Å²) in [7, 11) is 0. The van der Waals surface area contributed by atoms with Crippen molar-refractivity contribution in [3.05, 3.63) is 51.9 Å². The van der Waals surface area contributed by atoms with Crippen molar-refractivity contribution in [1.82, 2.24) is 4.90 Å². The number of fused-ring (bicyclic) bond motifs is 2. The Bertz CT molecular complexity index is 800. The Labute approximate surface area is 131 Å². The molecule has 2 aliphatic heterocycles. The zero-order valence-corrected chi connectivity index (χ0v) is 12.8. The predicted octanol–water partition coefficient (Wildman–Crippen LogP) is 3.57. The first-order chi connectivity index (χ1) is 10.3. The molecular formula is C16H13ClN2OS. The van der Waals surface area contributed by atoms with Crippen LogP contribution in [0.15, 0.2) is 46.3 Å². The van der Waals surface area contributed by atoms with Crippen molar-refractivity contribution in [2.24, 2.45) is 4.99 Å². The van der Waals surface area contributed by atoms with E-state index >= 15 is 0 Å². The molecule has 0 aromatic heterocycles. The summed E-state index contributed by atoms with van der Waals surface area (Å²) in [4.78, 5) is 7.66. The van der Waals surface area contributed by atoms with Crippen LogP contribution < -0.4 is 0 Å². The van der Waals surface area contributed by atoms with Gasteiger partial charge in [0, 0.05) is 22.0 Å². The van der Waals surface area contributed by atoms with Gasteiger partial charge in [0.15, 0.2) is 5.17 Å². The van der Waals surface area contributed by atoms with Crippen LogP contribution in [0.1, 0.15) is 5.56 Å². The molecule has 1 N–H and O–H groups in total. The van der Waals surface area contributed by atoms with Crippen LogP contribution in [-0.4, -0.2) is 34.9 Å². The zero-order valence-electron chi connectivity index (χ0n) is 11.2. The lowest BCUT2D eigenvalue weighted by Crippen LogP contribution is -2.20. The lowest BCUT2D eigenvalue weighted by atomic mass is 10.0. The minimum Gasteiger partial charge on any atom is -0.391 e. The Morgan fingerprint density at radius 2 is 2.19 bits per heavy atom. The maximum absolute atomic E-state index is 9.69. The summed E-state index contributed by atoms with van der Waals surface area (Å²) in [6, 6.07) is 12.1. The Balaban J connectivity index is 1.97. The number of aliphatic hydroxyl groups is 1. The SMILES string of the molecule is OCC1=C(c2cccc3ccc(Cl)cc23)N2CCN=C2S1. The van der Waals surface area contributed by atoms with Crippen molar-refractivity contribution in [1.29, 1.82) is 0 Å². The summed E-state index contributed by atoms with van der Waals surface area (Å²) >= 11 is 7.74. The summed E-state index contributed by atoms with van der Waals surface area (Å²) in [5.41, 5.74) is 2.19. The molecule has 0 saturated carbocycles. The zero-order chi connectivity index (χ0) is 14.4. The highest BCUT2D eigenvalue weighted by Crippen LogP contribution is 2.43. The molecule has 2 aliphatic rings. The number of rotatable bonds is 2. The van der Waals surface area contributed by atoms with Crippen molar-refractivity contribution in [2.45, 2.75) is 0 Å². The fourth-order valence-corrected chi connectivity index (χ4v) is 4.11. The van der Waals surface area contributed by atoms with Crippen LogP contribution in [0, 0.1) is 0 Å². The van der Waals surface area contributed by atoms with Gasteiger partial charge in [-0.3, -0.25) is 4.99 Å². The molecule has 0 saturated heterocycles. The average molecular weight is 317 g/mol. The molecule has 0 atom stereocenters. The van der Waals surface area contributed by atoms with Crippen LogP contribution >= 0.6 is 23.4 Å². The van der Waals surface area contributed by atoms with E-state index in [1.54, 1.807) is 11.8 Å². The molecule has 21 heavy (non-hydrogen) atoms. The smallest absolute Gasteiger partial charge is 0.168 e. The number of halogens is 1. The van der Waals surface area contributed by atoms with Crippen molar-refractivity contribution in [3.63, 3.8) is 0 Å². The Kier molecular flexibility index (Phi) is 3.17. The summed E-state index contributed by atoms with van der Waals surface area (Å²) in [5, 5.41) is 13.7. The highest BCUT2D eigenvalue weighted by Gasteiger charge is 2.33. The second-order valence-electron chi connectivity index (χ2n) is 5.02. The van der Waals surface area contributed by atoms with Crippen LogP contribution in [-0.2, 0) is 0 Å². The third kappa shape index (κ3) is 2.06. The first-order valence-corrected chi connectivity index (χ1v) is 8.00. The molecule has 106 valence electrons. The number of benzene rings is 2. The number of nitrogens with zero attached hydrogens (tertiary/aromatic N) is 2. The number of hydrogen-bond donors (Lipinski definition) is 1. The predicted molar refractivity (Wildman–Crippen MR) is 89.6 cm³/mol. The first-order valence-electron chi connectivity index (χ1n) is 6.80. The number of amidine groups is 1. The van der Waals surface area contributed by atoms with E-state index in [-0.39, 0.29) is 6.61 Å². The summed E-state index contributed by atoms with van der Waals surface area (Å²) in [5.74, 6) is 0. The number of hydrogen-bond acceptors (Lipinski definition) is 4. The fourth-order valence-electron chi connectivity index (χ4n) is 2.88. The third-order valence-electron chi connectivity index (χ3n) is 3.79. The lowest BCUT2D eigenvalue weighted by Gasteiger charge is -2.19. The second-order valence-corrected chi connectivity index (χ2v) is 6.52. The van der Waals surface area contributed by atoms with Gasteiger partial charge in [-0.1, -0.05) is 47.6 Å². The monoisotopic (exact) mass is 316 g/mol. The first kappa shape index (κ1) is 13.2. The maximum Gasteiger partial charge on any atom is 0.168 e. The van der Waals surface area contributed by atoms with E-state index in [4.69, 9.17) is 11.6 Å². The van der Waals surface area contributed by atoms with E-state index < -0.39 is 0 Å². The summed E-state index contributed by atoms with van der Waals surface area (Å²) < 4.78 is 0. The minimum absolute atomic E-state index is 0.0342. The van der Waals surface area contributed by atoms with Crippen molar-refractivity contribution in [3.8, 4) is 0 Å². The van der Waals surface area contributed by atoms with E-state index in [1.165, 1.54) is 0 Å². The largest absolute Gasteiger partial charge is 0.391 e. The molecule has 0 fully saturated rings. The quantitative estimate of drug-likeness (QED) is 0.920. The molecule has 0 aliphatic carbocycles. The van der Waals surface area contributed by atoms with Crippen LogP contribution in [0.4, 0.5) is 0 Å². The lowest BCUT2D eigenvalue weighted by molar-refractivity contribution is 0.339. The topological polar surface area (TPSA) is 35.8 Å². The summed E-state index contributed by atoms with van der Waals surface area (Å²) in [6.07, 6.45) is 0. The van der Waals surface area contributed by atoms with Crippen molar-refractivity contribution >= 4 is 45.0 Å². The third-order valence-corrected chi connectivity index (χ3v) is 5.13. The van der Waals surface area contributed by atoms with Crippen LogP contribution in [0.2, 0.25) is 5.02 Å². The van der Waals surface area contributed by atoms with Gasteiger partial charge < -0.3 is 10.0 Å². The normalized spacial score (nSPS) is 17.6. The van der Waals surface area contributed by atoms with E-state index in [2.05, 4.69) is 22.0 Å². The van der Waals surface area contributed by atoms with Gasteiger partial charge in [0.1, 0.15) is 0 Å². The second kappa shape index (κ2) is 5.05. The molecule has 2 aromatic rings. The Morgan fingerprint density at radius 1 is 1.29 bits per heavy atom. The molecule has 0 unspecified atom stereocenters. The van der Waals surface area contributed by atoms with Crippen molar-refractivity contribution in [2.75, 3.05) is 19.7 Å². The number of thioether (sulfide) groups is 1. The molecule has 2 aromatic carbocycles. The van der Waals surface area contributed by atoms with Crippen LogP contribution in [0.25, 0.3) is 16.5 Å². The maximum atomic E-state index is 9.69. The molecule has 0 spiro atoms. The number of aliphatic hydroxyl groups excluding tert-OH is 1. The van der Waals surface area contributed by atoms with E-state index in [0.29, 0.717) is 0 Å². The molecule has 2 heterocycles. The Hall–Kier alpha value is -1.49. The van der Waals surface area contributed by atoms with Gasteiger partial charge in [-0.2, -0.15) is 0 Å². The fraction of sp³-hybridized carbons (Fsp3) is 0.188.